The molecule has 2 N–H and O–H groups in total. The van der Waals surface area contributed by atoms with Crippen molar-refractivity contribution in [1.82, 2.24) is 0 Å². The number of rotatable bonds is 2. The van der Waals surface area contributed by atoms with Crippen LogP contribution in [0.2, 0.25) is 0 Å². The third-order valence-electron chi connectivity index (χ3n) is 4.36. The van der Waals surface area contributed by atoms with Gasteiger partial charge in [0, 0.05) is 6.04 Å². The van der Waals surface area contributed by atoms with Crippen molar-refractivity contribution in [3.63, 3.8) is 0 Å². The minimum absolute atomic E-state index is 0.354. The van der Waals surface area contributed by atoms with E-state index < -0.39 is 0 Å². The van der Waals surface area contributed by atoms with Crippen LogP contribution in [-0.2, 0) is 0 Å². The fourth-order valence-corrected chi connectivity index (χ4v) is 3.12. The lowest BCUT2D eigenvalue weighted by Gasteiger charge is -2.36. The van der Waals surface area contributed by atoms with Crippen molar-refractivity contribution in [2.45, 2.75) is 52.0 Å². The molecular formula is C16H25N. The lowest BCUT2D eigenvalue weighted by atomic mass is 9.71. The molecule has 3 unspecified atom stereocenters. The highest BCUT2D eigenvalue weighted by Gasteiger charge is 2.30. The maximum atomic E-state index is 6.32. The van der Waals surface area contributed by atoms with Gasteiger partial charge < -0.3 is 5.73 Å². The first-order chi connectivity index (χ1) is 8.08. The van der Waals surface area contributed by atoms with Crippen molar-refractivity contribution in [3.8, 4) is 0 Å². The van der Waals surface area contributed by atoms with Crippen LogP contribution < -0.4 is 5.73 Å². The van der Waals surface area contributed by atoms with Gasteiger partial charge in [-0.1, -0.05) is 43.7 Å². The number of aryl methyl sites for hydroxylation is 1. The van der Waals surface area contributed by atoms with E-state index in [0.717, 1.165) is 11.8 Å². The molecule has 1 aliphatic rings. The fourth-order valence-electron chi connectivity index (χ4n) is 3.12. The second-order valence-corrected chi connectivity index (χ2v) is 6.00. The number of nitrogens with two attached hydrogens (primary N) is 1. The van der Waals surface area contributed by atoms with E-state index in [1.165, 1.54) is 30.4 Å². The van der Waals surface area contributed by atoms with E-state index in [2.05, 4.69) is 45.0 Å². The van der Waals surface area contributed by atoms with Crippen LogP contribution in [0.3, 0.4) is 0 Å². The third-order valence-corrected chi connectivity index (χ3v) is 4.36. The first-order valence-corrected chi connectivity index (χ1v) is 6.90. The molecule has 0 radical (unpaired) electrons. The molecule has 1 saturated carbocycles. The highest BCUT2D eigenvalue weighted by molar-refractivity contribution is 5.27. The predicted octanol–water partition coefficient (Wildman–Crippen LogP) is 3.86. The van der Waals surface area contributed by atoms with Gasteiger partial charge in [-0.2, -0.15) is 0 Å². The summed E-state index contributed by atoms with van der Waals surface area (Å²) in [5.74, 6) is 2.20. The van der Waals surface area contributed by atoms with E-state index in [-0.39, 0.29) is 0 Å². The number of hydrogen-bond acceptors (Lipinski definition) is 1. The first-order valence-electron chi connectivity index (χ1n) is 6.90. The maximum Gasteiger partial charge on any atom is 0.0108 e. The molecule has 0 spiro atoms. The first kappa shape index (κ1) is 12.6. The van der Waals surface area contributed by atoms with Crippen LogP contribution in [0.4, 0.5) is 0 Å². The molecule has 1 aromatic rings. The van der Waals surface area contributed by atoms with Gasteiger partial charge in [0.2, 0.25) is 0 Å². The molecule has 1 aromatic carbocycles. The Balaban J connectivity index is 2.18. The fraction of sp³-hybridized carbons (Fsp3) is 0.625. The molecule has 0 aromatic heterocycles. The summed E-state index contributed by atoms with van der Waals surface area (Å²) < 4.78 is 0. The number of benzene rings is 1. The molecule has 0 amide bonds. The Morgan fingerprint density at radius 3 is 2.65 bits per heavy atom. The molecule has 0 saturated heterocycles. The van der Waals surface area contributed by atoms with Crippen LogP contribution in [0.5, 0.6) is 0 Å². The minimum atomic E-state index is 0.354. The summed E-state index contributed by atoms with van der Waals surface area (Å²) in [5.41, 5.74) is 9.12. The summed E-state index contributed by atoms with van der Waals surface area (Å²) in [4.78, 5) is 0. The van der Waals surface area contributed by atoms with Gasteiger partial charge in [0.05, 0.1) is 0 Å². The molecule has 1 nitrogen and oxygen atoms in total. The largest absolute Gasteiger partial charge is 0.327 e. The van der Waals surface area contributed by atoms with Crippen LogP contribution in [0.25, 0.3) is 0 Å². The Kier molecular flexibility index (Phi) is 3.88. The highest BCUT2D eigenvalue weighted by atomic mass is 14.7. The quantitative estimate of drug-likeness (QED) is 0.821. The summed E-state index contributed by atoms with van der Waals surface area (Å²) in [6, 6.07) is 9.24. The summed E-state index contributed by atoms with van der Waals surface area (Å²) in [6.45, 7) is 6.85. The Labute approximate surface area is 105 Å². The zero-order chi connectivity index (χ0) is 12.4. The summed E-state index contributed by atoms with van der Waals surface area (Å²) in [7, 11) is 0. The Morgan fingerprint density at radius 1 is 1.24 bits per heavy atom. The van der Waals surface area contributed by atoms with Crippen LogP contribution >= 0.6 is 0 Å². The highest BCUT2D eigenvalue weighted by Crippen LogP contribution is 2.38. The topological polar surface area (TPSA) is 26.0 Å². The molecule has 94 valence electrons. The van der Waals surface area contributed by atoms with Crippen LogP contribution in [-0.4, -0.2) is 6.04 Å². The summed E-state index contributed by atoms with van der Waals surface area (Å²) in [6.07, 6.45) is 3.75. The average Bonchev–Trinajstić information content (AvgIpc) is 2.29. The van der Waals surface area contributed by atoms with E-state index in [1.807, 2.05) is 0 Å². The van der Waals surface area contributed by atoms with Crippen molar-refractivity contribution in [2.75, 3.05) is 0 Å². The smallest absolute Gasteiger partial charge is 0.0108 e. The van der Waals surface area contributed by atoms with Crippen LogP contribution in [0.15, 0.2) is 24.3 Å². The van der Waals surface area contributed by atoms with Crippen molar-refractivity contribution >= 4 is 0 Å². The van der Waals surface area contributed by atoms with Gasteiger partial charge in [0.25, 0.3) is 0 Å². The van der Waals surface area contributed by atoms with Gasteiger partial charge in [0.15, 0.2) is 0 Å². The van der Waals surface area contributed by atoms with Gasteiger partial charge in [-0.3, -0.25) is 0 Å². The predicted molar refractivity (Wildman–Crippen MR) is 74.1 cm³/mol. The van der Waals surface area contributed by atoms with E-state index in [1.54, 1.807) is 0 Å². The van der Waals surface area contributed by atoms with Crippen molar-refractivity contribution in [3.05, 3.63) is 35.4 Å². The SMILES string of the molecule is Cc1cccc(C2CC(C(C)C)CCC2N)c1. The van der Waals surface area contributed by atoms with Crippen molar-refractivity contribution in [1.29, 1.82) is 0 Å². The molecule has 0 heterocycles. The number of hydrogen-bond donors (Lipinski definition) is 1. The standard InChI is InChI=1S/C16H25N/c1-11(2)13-7-8-16(17)15(10-13)14-6-4-5-12(3)9-14/h4-6,9,11,13,15-16H,7-8,10,17H2,1-3H3. The van der Waals surface area contributed by atoms with Gasteiger partial charge in [0.1, 0.15) is 0 Å². The zero-order valence-electron chi connectivity index (χ0n) is 11.3. The molecule has 3 atom stereocenters. The maximum absolute atomic E-state index is 6.32. The van der Waals surface area contributed by atoms with Crippen molar-refractivity contribution < 1.29 is 0 Å². The molecule has 1 heteroatoms. The molecule has 1 fully saturated rings. The molecule has 2 rings (SSSR count). The third kappa shape index (κ3) is 2.90. The van der Waals surface area contributed by atoms with Crippen molar-refractivity contribution in [2.24, 2.45) is 17.6 Å². The van der Waals surface area contributed by atoms with E-state index in [4.69, 9.17) is 5.73 Å². The Hall–Kier alpha value is -0.820. The van der Waals surface area contributed by atoms with Gasteiger partial charge in [-0.25, -0.2) is 0 Å². The second-order valence-electron chi connectivity index (χ2n) is 6.00. The lowest BCUT2D eigenvalue weighted by Crippen LogP contribution is -2.35. The molecule has 0 aliphatic heterocycles. The molecule has 0 bridgehead atoms. The van der Waals surface area contributed by atoms with Crippen LogP contribution in [0.1, 0.15) is 50.2 Å². The van der Waals surface area contributed by atoms with E-state index in [9.17, 15) is 0 Å². The van der Waals surface area contributed by atoms with E-state index >= 15 is 0 Å². The minimum Gasteiger partial charge on any atom is -0.327 e. The zero-order valence-corrected chi connectivity index (χ0v) is 11.3. The normalized spacial score (nSPS) is 29.6. The Morgan fingerprint density at radius 2 is 2.00 bits per heavy atom. The monoisotopic (exact) mass is 231 g/mol. The van der Waals surface area contributed by atoms with Gasteiger partial charge in [-0.15, -0.1) is 0 Å². The Bertz CT molecular complexity index is 370. The molecule has 1 aliphatic carbocycles. The van der Waals surface area contributed by atoms with Gasteiger partial charge in [-0.05, 0) is 49.5 Å². The molecular weight excluding hydrogens is 206 g/mol. The molecule has 17 heavy (non-hydrogen) atoms. The lowest BCUT2D eigenvalue weighted by molar-refractivity contribution is 0.232. The van der Waals surface area contributed by atoms with Gasteiger partial charge >= 0.3 is 0 Å². The second kappa shape index (κ2) is 5.22. The average molecular weight is 231 g/mol. The summed E-state index contributed by atoms with van der Waals surface area (Å²) >= 11 is 0. The van der Waals surface area contributed by atoms with E-state index in [0.29, 0.717) is 12.0 Å². The van der Waals surface area contributed by atoms with Crippen LogP contribution in [0, 0.1) is 18.8 Å². The summed E-state index contributed by atoms with van der Waals surface area (Å²) in [5, 5.41) is 0.